The third-order valence-corrected chi connectivity index (χ3v) is 1.79. The molecule has 1 aromatic heterocycles. The van der Waals surface area contributed by atoms with Gasteiger partial charge in [0.05, 0.1) is 6.61 Å². The third kappa shape index (κ3) is 5.29. The Labute approximate surface area is 106 Å². The lowest BCUT2D eigenvalue weighted by Gasteiger charge is -2.11. The van der Waals surface area contributed by atoms with E-state index in [4.69, 9.17) is 4.74 Å². The fraction of sp³-hybridized carbons (Fsp3) is 0.417. The predicted octanol–water partition coefficient (Wildman–Crippen LogP) is 2.00. The monoisotopic (exact) mass is 250 g/mol. The summed E-state index contributed by atoms with van der Waals surface area (Å²) in [6.45, 7) is 5.87. The lowest BCUT2D eigenvalue weighted by Crippen LogP contribution is -2.37. The van der Waals surface area contributed by atoms with Gasteiger partial charge in [0.15, 0.2) is 0 Å². The highest BCUT2D eigenvalue weighted by Gasteiger charge is 2.07. The molecule has 0 aliphatic heterocycles. The average Bonchev–Trinajstić information content (AvgIpc) is 2.29. The number of pyridine rings is 1. The van der Waals surface area contributed by atoms with Gasteiger partial charge in [-0.15, -0.1) is 0 Å². The summed E-state index contributed by atoms with van der Waals surface area (Å²) in [6.07, 6.45) is 1.11. The normalized spacial score (nSPS) is 11.2. The van der Waals surface area contributed by atoms with E-state index in [0.29, 0.717) is 18.4 Å². The molecule has 0 atom stereocenters. The van der Waals surface area contributed by atoms with E-state index in [1.54, 1.807) is 19.2 Å². The van der Waals surface area contributed by atoms with Crippen molar-refractivity contribution in [1.82, 2.24) is 10.3 Å². The number of carbonyl (C=O) groups excluding carboxylic acids is 1. The summed E-state index contributed by atoms with van der Waals surface area (Å²) in [7, 11) is 0. The molecule has 1 rings (SSSR count). The summed E-state index contributed by atoms with van der Waals surface area (Å²) in [6, 6.07) is 5.47. The van der Waals surface area contributed by atoms with Gasteiger partial charge in [-0.3, -0.25) is 5.32 Å². The number of nitrogens with zero attached hydrogens (tertiary/aromatic N) is 2. The van der Waals surface area contributed by atoms with E-state index < -0.39 is 6.09 Å². The summed E-state index contributed by atoms with van der Waals surface area (Å²) in [5, 5.41) is 5.46. The van der Waals surface area contributed by atoms with Gasteiger partial charge >= 0.3 is 6.09 Å². The van der Waals surface area contributed by atoms with Crippen molar-refractivity contribution in [3.05, 3.63) is 24.4 Å². The molecule has 0 bridgehead atoms. The van der Waals surface area contributed by atoms with Gasteiger partial charge in [-0.2, -0.15) is 0 Å². The van der Waals surface area contributed by atoms with Gasteiger partial charge in [0.1, 0.15) is 5.82 Å². The van der Waals surface area contributed by atoms with Crippen molar-refractivity contribution in [2.24, 2.45) is 4.99 Å². The molecule has 0 saturated carbocycles. The maximum atomic E-state index is 11.4. The Morgan fingerprint density at radius 1 is 1.50 bits per heavy atom. The molecule has 98 valence electrons. The van der Waals surface area contributed by atoms with Crippen LogP contribution in [-0.4, -0.2) is 29.7 Å². The fourth-order valence-electron chi connectivity index (χ4n) is 1.18. The van der Waals surface area contributed by atoms with E-state index in [9.17, 15) is 4.79 Å². The molecular formula is C12H18N4O2. The van der Waals surface area contributed by atoms with Crippen LogP contribution in [0, 0.1) is 0 Å². The maximum Gasteiger partial charge on any atom is 0.413 e. The van der Waals surface area contributed by atoms with Gasteiger partial charge in [0.25, 0.3) is 0 Å². The van der Waals surface area contributed by atoms with Gasteiger partial charge in [0.2, 0.25) is 5.96 Å². The number of alkyl carbamates (subject to hydrolysis) is 1. The summed E-state index contributed by atoms with van der Waals surface area (Å²) in [5.41, 5.74) is 0. The minimum absolute atomic E-state index is 0.0399. The van der Waals surface area contributed by atoms with Crippen molar-refractivity contribution < 1.29 is 9.53 Å². The smallest absolute Gasteiger partial charge is 0.413 e. The minimum atomic E-state index is -0.541. The number of aliphatic imine (C=N–C) groups is 1. The molecular weight excluding hydrogens is 232 g/mol. The van der Waals surface area contributed by atoms with Gasteiger partial charge < -0.3 is 10.1 Å². The van der Waals surface area contributed by atoms with Crippen molar-refractivity contribution in [2.45, 2.75) is 26.8 Å². The number of hydrogen-bond donors (Lipinski definition) is 2. The number of guanidine groups is 1. The SMILES string of the molecule is CCOC(=O)NC(=NC(C)C)Nc1ccccn1. The van der Waals surface area contributed by atoms with Crippen LogP contribution in [0.15, 0.2) is 29.4 Å². The van der Waals surface area contributed by atoms with Crippen LogP contribution in [0.2, 0.25) is 0 Å². The van der Waals surface area contributed by atoms with Crippen LogP contribution in [0.4, 0.5) is 10.6 Å². The molecule has 1 aromatic rings. The molecule has 2 N–H and O–H groups in total. The molecule has 6 nitrogen and oxygen atoms in total. The lowest BCUT2D eigenvalue weighted by atomic mass is 10.4. The number of anilines is 1. The Hall–Kier alpha value is -2.11. The van der Waals surface area contributed by atoms with Crippen LogP contribution in [0.5, 0.6) is 0 Å². The fourth-order valence-corrected chi connectivity index (χ4v) is 1.18. The lowest BCUT2D eigenvalue weighted by molar-refractivity contribution is 0.158. The Bertz CT molecular complexity index is 404. The second kappa shape index (κ2) is 7.26. The van der Waals surface area contributed by atoms with E-state index in [2.05, 4.69) is 20.6 Å². The summed E-state index contributed by atoms with van der Waals surface area (Å²) >= 11 is 0. The summed E-state index contributed by atoms with van der Waals surface area (Å²) in [5.74, 6) is 0.927. The van der Waals surface area contributed by atoms with Crippen LogP contribution in [0.25, 0.3) is 0 Å². The highest BCUT2D eigenvalue weighted by molar-refractivity contribution is 6.01. The first kappa shape index (κ1) is 14.0. The van der Waals surface area contributed by atoms with E-state index >= 15 is 0 Å². The Morgan fingerprint density at radius 2 is 2.28 bits per heavy atom. The second-order valence-corrected chi connectivity index (χ2v) is 3.76. The standard InChI is InChI=1S/C12H18N4O2/c1-4-18-12(17)16-11(14-9(2)3)15-10-7-5-6-8-13-10/h5-9H,4H2,1-3H3,(H2,13,14,15,16,17). The number of ether oxygens (including phenoxy) is 1. The van der Waals surface area contributed by atoms with Crippen LogP contribution in [0.3, 0.4) is 0 Å². The number of nitrogens with one attached hydrogen (secondary N) is 2. The van der Waals surface area contributed by atoms with Crippen molar-refractivity contribution in [3.8, 4) is 0 Å². The topological polar surface area (TPSA) is 75.6 Å². The zero-order valence-corrected chi connectivity index (χ0v) is 10.8. The number of carbonyl (C=O) groups is 1. The first-order valence-electron chi connectivity index (χ1n) is 5.81. The second-order valence-electron chi connectivity index (χ2n) is 3.76. The Morgan fingerprint density at radius 3 is 2.83 bits per heavy atom. The van der Waals surface area contributed by atoms with Gasteiger partial charge in [0, 0.05) is 12.2 Å². The third-order valence-electron chi connectivity index (χ3n) is 1.79. The van der Waals surface area contributed by atoms with Gasteiger partial charge in [-0.25, -0.2) is 14.8 Å². The maximum absolute atomic E-state index is 11.4. The largest absolute Gasteiger partial charge is 0.450 e. The molecule has 0 spiro atoms. The van der Waals surface area contributed by atoms with Crippen LogP contribution in [-0.2, 0) is 4.74 Å². The van der Waals surface area contributed by atoms with E-state index in [1.165, 1.54) is 0 Å². The van der Waals surface area contributed by atoms with Crippen molar-refractivity contribution in [1.29, 1.82) is 0 Å². The van der Waals surface area contributed by atoms with Crippen molar-refractivity contribution in [2.75, 3.05) is 11.9 Å². The van der Waals surface area contributed by atoms with E-state index in [0.717, 1.165) is 0 Å². The molecule has 0 unspecified atom stereocenters. The average molecular weight is 250 g/mol. The van der Waals surface area contributed by atoms with Gasteiger partial charge in [-0.1, -0.05) is 6.07 Å². The molecule has 0 aromatic carbocycles. The van der Waals surface area contributed by atoms with Crippen molar-refractivity contribution in [3.63, 3.8) is 0 Å². The number of rotatable bonds is 3. The van der Waals surface area contributed by atoms with Crippen molar-refractivity contribution >= 4 is 17.9 Å². The first-order valence-corrected chi connectivity index (χ1v) is 5.81. The van der Waals surface area contributed by atoms with Crippen LogP contribution >= 0.6 is 0 Å². The minimum Gasteiger partial charge on any atom is -0.450 e. The van der Waals surface area contributed by atoms with Crippen LogP contribution < -0.4 is 10.6 Å². The van der Waals surface area contributed by atoms with Crippen LogP contribution in [0.1, 0.15) is 20.8 Å². The van der Waals surface area contributed by atoms with Gasteiger partial charge in [-0.05, 0) is 32.9 Å². The Balaban J connectivity index is 2.71. The molecule has 0 aliphatic rings. The molecule has 0 fully saturated rings. The molecule has 0 saturated heterocycles. The molecule has 0 radical (unpaired) electrons. The molecule has 6 heteroatoms. The Kier molecular flexibility index (Phi) is 5.63. The summed E-state index contributed by atoms with van der Waals surface area (Å²) in [4.78, 5) is 19.7. The quantitative estimate of drug-likeness (QED) is 0.635. The molecule has 0 aliphatic carbocycles. The molecule has 18 heavy (non-hydrogen) atoms. The zero-order chi connectivity index (χ0) is 13.4. The number of amides is 1. The number of hydrogen-bond acceptors (Lipinski definition) is 4. The molecule has 1 heterocycles. The first-order chi connectivity index (χ1) is 8.61. The zero-order valence-electron chi connectivity index (χ0n) is 10.8. The van der Waals surface area contributed by atoms with E-state index in [1.807, 2.05) is 26.0 Å². The highest BCUT2D eigenvalue weighted by Crippen LogP contribution is 2.00. The molecule has 1 amide bonds. The summed E-state index contributed by atoms with van der Waals surface area (Å²) < 4.78 is 4.80. The predicted molar refractivity (Wildman–Crippen MR) is 70.6 cm³/mol. The highest BCUT2D eigenvalue weighted by atomic mass is 16.5. The number of aromatic nitrogens is 1. The van der Waals surface area contributed by atoms with E-state index in [-0.39, 0.29) is 6.04 Å².